The predicted molar refractivity (Wildman–Crippen MR) is 79.0 cm³/mol. The van der Waals surface area contributed by atoms with Gasteiger partial charge in [-0.05, 0) is 25.7 Å². The monoisotopic (exact) mass is 232 g/mol. The molecule has 0 N–H and O–H groups in total. The van der Waals surface area contributed by atoms with Gasteiger partial charge in [-0.1, -0.05) is 63.5 Å². The highest BCUT2D eigenvalue weighted by Crippen LogP contribution is 2.19. The molecule has 0 aliphatic carbocycles. The molecule has 17 heavy (non-hydrogen) atoms. The van der Waals surface area contributed by atoms with Crippen molar-refractivity contribution in [3.05, 3.63) is 23.8 Å². The summed E-state index contributed by atoms with van der Waals surface area (Å²) in [4.78, 5) is 0. The lowest BCUT2D eigenvalue weighted by molar-refractivity contribution is 0.824. The van der Waals surface area contributed by atoms with E-state index >= 15 is 0 Å². The van der Waals surface area contributed by atoms with Crippen LogP contribution in [0.5, 0.6) is 0 Å². The first kappa shape index (κ1) is 16.0. The van der Waals surface area contributed by atoms with Crippen molar-refractivity contribution in [3.8, 4) is 11.8 Å². The Morgan fingerprint density at radius 3 is 2.29 bits per heavy atom. The minimum atomic E-state index is 1.01. The van der Waals surface area contributed by atoms with Gasteiger partial charge in [-0.25, -0.2) is 0 Å². The van der Waals surface area contributed by atoms with Gasteiger partial charge in [0.1, 0.15) is 0 Å². The molecule has 0 bridgehead atoms. The van der Waals surface area contributed by atoms with Gasteiger partial charge >= 0.3 is 0 Å². The molecule has 0 fully saturated rings. The third-order valence-electron chi connectivity index (χ3n) is 2.76. The second kappa shape index (κ2) is 11.5. The minimum absolute atomic E-state index is 1.01. The van der Waals surface area contributed by atoms with E-state index in [1.807, 2.05) is 6.08 Å². The normalized spacial score (nSPS) is 11.5. The van der Waals surface area contributed by atoms with E-state index in [9.17, 15) is 0 Å². The maximum absolute atomic E-state index is 3.85. The fraction of sp³-hybridized carbons (Fsp3) is 0.647. The Morgan fingerprint density at radius 1 is 1.06 bits per heavy atom. The summed E-state index contributed by atoms with van der Waals surface area (Å²) in [7, 11) is 0. The molecule has 0 saturated heterocycles. The van der Waals surface area contributed by atoms with Gasteiger partial charge in [-0.15, -0.1) is 6.58 Å². The van der Waals surface area contributed by atoms with E-state index < -0.39 is 0 Å². The summed E-state index contributed by atoms with van der Waals surface area (Å²) < 4.78 is 0. The van der Waals surface area contributed by atoms with Crippen LogP contribution in [0.15, 0.2) is 23.8 Å². The third kappa shape index (κ3) is 7.86. The Labute approximate surface area is 108 Å². The molecule has 0 unspecified atom stereocenters. The standard InChI is InChI=1S/C17H28/c1-5-9-10-11-15-17(14-8-4)16(12-6-2)13-7-3/h6H,2,5,7-10,12-14H2,1,3-4H3/b17-16+. The van der Waals surface area contributed by atoms with Gasteiger partial charge in [-0.2, -0.15) is 0 Å². The number of unbranched alkanes of at least 4 members (excludes halogenated alkanes) is 2. The Balaban J connectivity index is 4.75. The summed E-state index contributed by atoms with van der Waals surface area (Å²) in [5, 5.41) is 0. The van der Waals surface area contributed by atoms with Crippen molar-refractivity contribution in [2.75, 3.05) is 0 Å². The van der Waals surface area contributed by atoms with Gasteiger partial charge in [0.15, 0.2) is 0 Å². The number of allylic oxidation sites excluding steroid dienone is 3. The van der Waals surface area contributed by atoms with Crippen molar-refractivity contribution in [3.63, 3.8) is 0 Å². The van der Waals surface area contributed by atoms with Crippen molar-refractivity contribution in [1.29, 1.82) is 0 Å². The van der Waals surface area contributed by atoms with Gasteiger partial charge in [0.05, 0.1) is 0 Å². The summed E-state index contributed by atoms with van der Waals surface area (Å²) in [6.07, 6.45) is 11.2. The zero-order valence-electron chi connectivity index (χ0n) is 11.9. The molecular weight excluding hydrogens is 204 g/mol. The second-order valence-corrected chi connectivity index (χ2v) is 4.48. The molecule has 0 heterocycles. The van der Waals surface area contributed by atoms with E-state index in [-0.39, 0.29) is 0 Å². The molecule has 0 spiro atoms. The van der Waals surface area contributed by atoms with Crippen LogP contribution in [0.4, 0.5) is 0 Å². The molecule has 0 nitrogen and oxygen atoms in total. The maximum Gasteiger partial charge on any atom is 0.00922 e. The minimum Gasteiger partial charge on any atom is -0.103 e. The van der Waals surface area contributed by atoms with Gasteiger partial charge in [-0.3, -0.25) is 0 Å². The van der Waals surface area contributed by atoms with Crippen LogP contribution in [0.2, 0.25) is 0 Å². The number of hydrogen-bond acceptors (Lipinski definition) is 0. The highest BCUT2D eigenvalue weighted by Gasteiger charge is 2.02. The molecule has 0 aromatic heterocycles. The van der Waals surface area contributed by atoms with E-state index in [0.717, 1.165) is 19.3 Å². The summed E-state index contributed by atoms with van der Waals surface area (Å²) in [5.74, 6) is 6.73. The predicted octanol–water partition coefficient (Wildman–Crippen LogP) is 5.65. The van der Waals surface area contributed by atoms with Crippen molar-refractivity contribution in [2.45, 2.75) is 72.1 Å². The summed E-state index contributed by atoms with van der Waals surface area (Å²) >= 11 is 0. The van der Waals surface area contributed by atoms with E-state index in [4.69, 9.17) is 0 Å². The lowest BCUT2D eigenvalue weighted by atomic mass is 9.97. The molecule has 0 radical (unpaired) electrons. The molecule has 0 heteroatoms. The zero-order valence-corrected chi connectivity index (χ0v) is 11.9. The Kier molecular flexibility index (Phi) is 10.9. The molecule has 0 atom stereocenters. The van der Waals surface area contributed by atoms with Crippen molar-refractivity contribution < 1.29 is 0 Å². The summed E-state index contributed by atoms with van der Waals surface area (Å²) in [5.41, 5.74) is 2.89. The van der Waals surface area contributed by atoms with Crippen molar-refractivity contribution >= 4 is 0 Å². The first-order valence-electron chi connectivity index (χ1n) is 7.10. The lowest BCUT2D eigenvalue weighted by Gasteiger charge is -2.08. The van der Waals surface area contributed by atoms with Crippen LogP contribution in [0.1, 0.15) is 72.1 Å². The van der Waals surface area contributed by atoms with Crippen LogP contribution >= 0.6 is 0 Å². The van der Waals surface area contributed by atoms with E-state index in [1.165, 1.54) is 43.3 Å². The molecule has 0 aromatic carbocycles. The molecule has 0 aliphatic heterocycles. The largest absolute Gasteiger partial charge is 0.103 e. The summed E-state index contributed by atoms with van der Waals surface area (Å²) in [6, 6.07) is 0. The third-order valence-corrected chi connectivity index (χ3v) is 2.76. The zero-order chi connectivity index (χ0) is 12.9. The average molecular weight is 232 g/mol. The van der Waals surface area contributed by atoms with Crippen LogP contribution in [0.3, 0.4) is 0 Å². The van der Waals surface area contributed by atoms with Crippen molar-refractivity contribution in [2.24, 2.45) is 0 Å². The smallest absolute Gasteiger partial charge is 0.00922 e. The topological polar surface area (TPSA) is 0 Å². The Bertz CT molecular complexity index is 283. The molecule has 0 aromatic rings. The van der Waals surface area contributed by atoms with Gasteiger partial charge in [0, 0.05) is 12.0 Å². The van der Waals surface area contributed by atoms with Crippen LogP contribution < -0.4 is 0 Å². The van der Waals surface area contributed by atoms with Gasteiger partial charge in [0.2, 0.25) is 0 Å². The number of hydrogen-bond donors (Lipinski definition) is 0. The van der Waals surface area contributed by atoms with Gasteiger partial charge < -0.3 is 0 Å². The molecule has 0 rings (SSSR count). The second-order valence-electron chi connectivity index (χ2n) is 4.48. The highest BCUT2D eigenvalue weighted by molar-refractivity contribution is 5.34. The van der Waals surface area contributed by atoms with E-state index in [0.29, 0.717) is 0 Å². The fourth-order valence-electron chi connectivity index (χ4n) is 1.86. The lowest BCUT2D eigenvalue weighted by Crippen LogP contribution is -1.90. The van der Waals surface area contributed by atoms with Crippen LogP contribution in [0.25, 0.3) is 0 Å². The Morgan fingerprint density at radius 2 is 1.76 bits per heavy atom. The summed E-state index contributed by atoms with van der Waals surface area (Å²) in [6.45, 7) is 10.5. The van der Waals surface area contributed by atoms with Crippen LogP contribution in [-0.4, -0.2) is 0 Å². The SMILES string of the molecule is C=CC/C(CCC)=C(\C#CCCCC)CCC. The number of rotatable bonds is 8. The molecule has 0 aliphatic rings. The maximum atomic E-state index is 3.85. The van der Waals surface area contributed by atoms with Gasteiger partial charge in [0.25, 0.3) is 0 Å². The average Bonchev–Trinajstić information content (AvgIpc) is 2.33. The highest BCUT2D eigenvalue weighted by atomic mass is 14.1. The van der Waals surface area contributed by atoms with Crippen LogP contribution in [-0.2, 0) is 0 Å². The molecule has 0 saturated carbocycles. The molecule has 0 amide bonds. The van der Waals surface area contributed by atoms with Crippen molar-refractivity contribution in [1.82, 2.24) is 0 Å². The fourth-order valence-corrected chi connectivity index (χ4v) is 1.86. The van der Waals surface area contributed by atoms with E-state index in [1.54, 1.807) is 0 Å². The Hall–Kier alpha value is -0.960. The quantitative estimate of drug-likeness (QED) is 0.288. The first-order chi connectivity index (χ1) is 8.29. The molecular formula is C17H28. The molecule has 96 valence electrons. The van der Waals surface area contributed by atoms with Crippen LogP contribution in [0, 0.1) is 11.8 Å². The first-order valence-corrected chi connectivity index (χ1v) is 7.10. The van der Waals surface area contributed by atoms with E-state index in [2.05, 4.69) is 39.2 Å².